The molecule has 0 aliphatic carbocycles. The van der Waals surface area contributed by atoms with Crippen LogP contribution in [0.3, 0.4) is 0 Å². The van der Waals surface area contributed by atoms with E-state index in [4.69, 9.17) is 11.5 Å². The summed E-state index contributed by atoms with van der Waals surface area (Å²) in [5.74, 6) is 2.26. The van der Waals surface area contributed by atoms with Gasteiger partial charge in [-0.1, -0.05) is 18.1 Å². The van der Waals surface area contributed by atoms with Crippen LogP contribution in [-0.2, 0) is 11.3 Å². The Morgan fingerprint density at radius 3 is 3.00 bits per heavy atom. The highest BCUT2D eigenvalue weighted by Gasteiger charge is 1.98. The van der Waals surface area contributed by atoms with Gasteiger partial charge in [-0.15, -0.1) is 6.42 Å². The molecule has 1 aromatic rings. The highest BCUT2D eigenvalue weighted by molar-refractivity contribution is 5.78. The van der Waals surface area contributed by atoms with Gasteiger partial charge in [0.25, 0.3) is 0 Å². The number of terminal acetylenes is 1. The smallest absolute Gasteiger partial charge is 0.232 e. The molecule has 0 aliphatic heterocycles. The van der Waals surface area contributed by atoms with E-state index in [1.807, 2.05) is 6.07 Å². The molecule has 2 N–H and O–H groups in total. The fraction of sp³-hybridized carbons (Fsp3) is 0.182. The van der Waals surface area contributed by atoms with Crippen molar-refractivity contribution >= 4 is 5.91 Å². The number of carbonyl (C=O) groups excluding carboxylic acids is 1. The molecule has 14 heavy (non-hydrogen) atoms. The van der Waals surface area contributed by atoms with E-state index in [1.165, 1.54) is 0 Å². The van der Waals surface area contributed by atoms with Gasteiger partial charge in [0.1, 0.15) is 5.75 Å². The van der Waals surface area contributed by atoms with E-state index in [1.54, 1.807) is 18.2 Å². The molecular weight excluding hydrogens is 178 g/mol. The van der Waals surface area contributed by atoms with Crippen LogP contribution >= 0.6 is 0 Å². The number of hydrogen-bond donors (Lipinski definition) is 2. The third-order valence-corrected chi connectivity index (χ3v) is 1.66. The zero-order valence-corrected chi connectivity index (χ0v) is 7.66. The summed E-state index contributed by atoms with van der Waals surface area (Å²) in [6, 6.07) is 6.71. The van der Waals surface area contributed by atoms with Gasteiger partial charge in [0.2, 0.25) is 5.91 Å². The van der Waals surface area contributed by atoms with Crippen molar-refractivity contribution < 1.29 is 9.90 Å². The summed E-state index contributed by atoms with van der Waals surface area (Å²) >= 11 is 0. The lowest BCUT2D eigenvalue weighted by atomic mass is 10.2. The lowest BCUT2D eigenvalue weighted by molar-refractivity contribution is -0.120. The van der Waals surface area contributed by atoms with Crippen molar-refractivity contribution in [3.63, 3.8) is 0 Å². The van der Waals surface area contributed by atoms with Crippen LogP contribution in [-0.4, -0.2) is 11.0 Å². The summed E-state index contributed by atoms with van der Waals surface area (Å²) in [5.41, 5.74) is 0.843. The molecule has 0 spiro atoms. The normalized spacial score (nSPS) is 9.07. The second kappa shape index (κ2) is 4.93. The monoisotopic (exact) mass is 189 g/mol. The quantitative estimate of drug-likeness (QED) is 0.698. The van der Waals surface area contributed by atoms with Gasteiger partial charge in [0.15, 0.2) is 0 Å². The number of nitrogens with one attached hydrogen (secondary N) is 1. The van der Waals surface area contributed by atoms with Gasteiger partial charge in [-0.05, 0) is 17.7 Å². The van der Waals surface area contributed by atoms with Crippen LogP contribution in [0.1, 0.15) is 12.0 Å². The third kappa shape index (κ3) is 3.20. The Hall–Kier alpha value is -1.95. The van der Waals surface area contributed by atoms with Crippen molar-refractivity contribution in [2.45, 2.75) is 13.0 Å². The maximum Gasteiger partial charge on any atom is 0.232 e. The number of phenols is 1. The van der Waals surface area contributed by atoms with Gasteiger partial charge in [0, 0.05) is 6.54 Å². The predicted octanol–water partition coefficient (Wildman–Crippen LogP) is 1.03. The largest absolute Gasteiger partial charge is 0.508 e. The van der Waals surface area contributed by atoms with Crippen LogP contribution in [0.15, 0.2) is 24.3 Å². The highest BCUT2D eigenvalue weighted by atomic mass is 16.3. The maximum absolute atomic E-state index is 11.0. The SMILES string of the molecule is C#CCC(=O)NCc1cccc(O)c1. The Labute approximate surface area is 82.8 Å². The molecule has 0 bridgehead atoms. The topological polar surface area (TPSA) is 49.3 Å². The second-order valence-electron chi connectivity index (χ2n) is 2.83. The summed E-state index contributed by atoms with van der Waals surface area (Å²) < 4.78 is 0. The van der Waals surface area contributed by atoms with Crippen LogP contribution in [0, 0.1) is 12.3 Å². The molecule has 1 amide bonds. The molecule has 0 atom stereocenters. The van der Waals surface area contributed by atoms with Crippen LogP contribution in [0.2, 0.25) is 0 Å². The third-order valence-electron chi connectivity index (χ3n) is 1.66. The van der Waals surface area contributed by atoms with Crippen molar-refractivity contribution in [2.75, 3.05) is 0 Å². The highest BCUT2D eigenvalue weighted by Crippen LogP contribution is 2.10. The number of aromatic hydroxyl groups is 1. The summed E-state index contributed by atoms with van der Waals surface area (Å²) in [4.78, 5) is 11.0. The number of amides is 1. The molecule has 1 rings (SSSR count). The van der Waals surface area contributed by atoms with Gasteiger partial charge in [-0.2, -0.15) is 0 Å². The van der Waals surface area contributed by atoms with Gasteiger partial charge >= 0.3 is 0 Å². The lowest BCUT2D eigenvalue weighted by Crippen LogP contribution is -2.21. The van der Waals surface area contributed by atoms with Crippen molar-refractivity contribution in [3.8, 4) is 18.1 Å². The molecule has 0 radical (unpaired) electrons. The maximum atomic E-state index is 11.0. The van der Waals surface area contributed by atoms with Crippen molar-refractivity contribution in [3.05, 3.63) is 29.8 Å². The van der Waals surface area contributed by atoms with Crippen molar-refractivity contribution in [1.29, 1.82) is 0 Å². The molecule has 0 aliphatic rings. The van der Waals surface area contributed by atoms with Crippen LogP contribution < -0.4 is 5.32 Å². The van der Waals surface area contributed by atoms with Gasteiger partial charge < -0.3 is 10.4 Å². The van der Waals surface area contributed by atoms with E-state index in [0.717, 1.165) is 5.56 Å². The van der Waals surface area contributed by atoms with E-state index in [9.17, 15) is 4.79 Å². The van der Waals surface area contributed by atoms with E-state index in [2.05, 4.69) is 11.2 Å². The zero-order chi connectivity index (χ0) is 10.4. The van der Waals surface area contributed by atoms with E-state index >= 15 is 0 Å². The summed E-state index contributed by atoms with van der Waals surface area (Å²) in [6.45, 7) is 0.384. The average Bonchev–Trinajstić information content (AvgIpc) is 2.15. The first-order chi connectivity index (χ1) is 6.72. The Kier molecular flexibility index (Phi) is 3.57. The van der Waals surface area contributed by atoms with Gasteiger partial charge in [-0.25, -0.2) is 0 Å². The summed E-state index contributed by atoms with van der Waals surface area (Å²) in [6.07, 6.45) is 5.05. The molecule has 0 fully saturated rings. The van der Waals surface area contributed by atoms with E-state index < -0.39 is 0 Å². The molecule has 72 valence electrons. The van der Waals surface area contributed by atoms with Crippen LogP contribution in [0.5, 0.6) is 5.75 Å². The summed E-state index contributed by atoms with van der Waals surface area (Å²) in [7, 11) is 0. The second-order valence-corrected chi connectivity index (χ2v) is 2.83. The first-order valence-electron chi connectivity index (χ1n) is 4.20. The first kappa shape index (κ1) is 10.1. The number of benzene rings is 1. The van der Waals surface area contributed by atoms with E-state index in [-0.39, 0.29) is 18.1 Å². The molecule has 0 aromatic heterocycles. The molecule has 3 heteroatoms. The van der Waals surface area contributed by atoms with E-state index in [0.29, 0.717) is 6.54 Å². The number of carbonyl (C=O) groups is 1. The fourth-order valence-electron chi connectivity index (χ4n) is 1.02. The average molecular weight is 189 g/mol. The molecule has 3 nitrogen and oxygen atoms in total. The lowest BCUT2D eigenvalue weighted by Gasteiger charge is -2.03. The molecular formula is C11H11NO2. The Bertz CT molecular complexity index is 366. The van der Waals surface area contributed by atoms with Crippen LogP contribution in [0.25, 0.3) is 0 Å². The van der Waals surface area contributed by atoms with Crippen molar-refractivity contribution in [1.82, 2.24) is 5.32 Å². The summed E-state index contributed by atoms with van der Waals surface area (Å²) in [5, 5.41) is 11.8. The fourth-order valence-corrected chi connectivity index (χ4v) is 1.02. The minimum Gasteiger partial charge on any atom is -0.508 e. The predicted molar refractivity (Wildman–Crippen MR) is 53.4 cm³/mol. The minimum atomic E-state index is -0.184. The number of rotatable bonds is 3. The standard InChI is InChI=1S/C11H11NO2/c1-2-4-11(14)12-8-9-5-3-6-10(13)7-9/h1,3,5-7,13H,4,8H2,(H,12,14). The zero-order valence-electron chi connectivity index (χ0n) is 7.66. The molecule has 0 heterocycles. The van der Waals surface area contributed by atoms with Crippen molar-refractivity contribution in [2.24, 2.45) is 0 Å². The molecule has 0 unspecified atom stereocenters. The van der Waals surface area contributed by atoms with Gasteiger partial charge in [-0.3, -0.25) is 4.79 Å². The molecule has 0 saturated carbocycles. The Morgan fingerprint density at radius 1 is 1.57 bits per heavy atom. The number of hydrogen-bond acceptors (Lipinski definition) is 2. The molecule has 1 aromatic carbocycles. The minimum absolute atomic E-state index is 0.0822. The van der Waals surface area contributed by atoms with Gasteiger partial charge in [0.05, 0.1) is 6.42 Å². The first-order valence-corrected chi connectivity index (χ1v) is 4.20. The number of phenolic OH excluding ortho intramolecular Hbond substituents is 1. The Morgan fingerprint density at radius 2 is 2.36 bits per heavy atom. The Balaban J connectivity index is 2.46. The van der Waals surface area contributed by atoms with Crippen LogP contribution in [0.4, 0.5) is 0 Å². The molecule has 0 saturated heterocycles.